The minimum Gasteiger partial charge on any atom is -1.00 e. The molecule has 23 heavy (non-hydrogen) atoms. The largest absolute Gasteiger partial charge is 1.00 e. The van der Waals surface area contributed by atoms with Gasteiger partial charge in [-0.05, 0) is 0 Å². The summed E-state index contributed by atoms with van der Waals surface area (Å²) in [6.45, 7) is 6.14. The van der Waals surface area contributed by atoms with E-state index in [1.54, 1.807) is 0 Å². The fraction of sp³-hybridized carbons (Fsp3) is 0.824. The molecule has 0 aromatic carbocycles. The number of hydrogen-bond donors (Lipinski definition) is 2. The summed E-state index contributed by atoms with van der Waals surface area (Å²) >= 11 is 0. The summed E-state index contributed by atoms with van der Waals surface area (Å²) in [6.07, 6.45) is 16.1. The Morgan fingerprint density at radius 1 is 0.783 bits per heavy atom. The summed E-state index contributed by atoms with van der Waals surface area (Å²) in [7, 11) is 0. The molecule has 0 fully saturated rings. The van der Waals surface area contributed by atoms with Crippen molar-refractivity contribution in [2.75, 3.05) is 0 Å². The molecule has 6 heteroatoms. The summed E-state index contributed by atoms with van der Waals surface area (Å²) in [5, 5.41) is 15.4. The van der Waals surface area contributed by atoms with Crippen LogP contribution in [0.3, 0.4) is 0 Å². The second-order valence-corrected chi connectivity index (χ2v) is 5.35. The Bertz CT molecular complexity index is 233. The van der Waals surface area contributed by atoms with Gasteiger partial charge < -0.3 is 18.6 Å². The van der Waals surface area contributed by atoms with Crippen molar-refractivity contribution in [2.45, 2.75) is 90.4 Å². The first-order valence-corrected chi connectivity index (χ1v) is 8.27. The van der Waals surface area contributed by atoms with Gasteiger partial charge in [-0.2, -0.15) is 6.42 Å². The average Bonchev–Trinajstić information content (AvgIpc) is 2.40. The van der Waals surface area contributed by atoms with E-state index >= 15 is 0 Å². The Morgan fingerprint density at radius 2 is 1.09 bits per heavy atom. The zero-order valence-electron chi connectivity index (χ0n) is 16.6. The van der Waals surface area contributed by atoms with Crippen LogP contribution < -0.4 is 48.4 Å². The molecular formula is C17H34LiNaO4. The molecule has 0 aliphatic heterocycles. The molecule has 128 valence electrons. The third-order valence-corrected chi connectivity index (χ3v) is 3.16. The number of carboxylic acid groups (broad SMARTS) is 2. The topological polar surface area (TPSA) is 74.6 Å². The summed E-state index contributed by atoms with van der Waals surface area (Å²) in [4.78, 5) is 18.9. The molecule has 0 amide bonds. The molecule has 0 unspecified atom stereocenters. The van der Waals surface area contributed by atoms with E-state index in [4.69, 9.17) is 10.2 Å². The van der Waals surface area contributed by atoms with E-state index in [0.29, 0.717) is 0 Å². The van der Waals surface area contributed by atoms with Gasteiger partial charge in [-0.1, -0.05) is 77.6 Å². The molecule has 0 bridgehead atoms. The summed E-state index contributed by atoms with van der Waals surface area (Å²) in [5.41, 5.74) is 0. The van der Waals surface area contributed by atoms with Crippen molar-refractivity contribution in [1.29, 1.82) is 0 Å². The van der Waals surface area contributed by atoms with Crippen molar-refractivity contribution < 1.29 is 69.6 Å². The zero-order chi connectivity index (χ0) is 16.3. The molecule has 4 nitrogen and oxygen atoms in total. The van der Waals surface area contributed by atoms with Crippen LogP contribution in [0.5, 0.6) is 0 Å². The van der Waals surface area contributed by atoms with Gasteiger partial charge in [-0.3, -0.25) is 9.59 Å². The maximum Gasteiger partial charge on any atom is 1.00 e. The fourth-order valence-electron chi connectivity index (χ4n) is 1.97. The Balaban J connectivity index is -0.000000105. The third-order valence-electron chi connectivity index (χ3n) is 3.16. The van der Waals surface area contributed by atoms with E-state index in [9.17, 15) is 9.59 Å². The van der Waals surface area contributed by atoms with Crippen LogP contribution in [0, 0.1) is 6.92 Å². The van der Waals surface area contributed by atoms with Crippen molar-refractivity contribution in [3.05, 3.63) is 6.92 Å². The van der Waals surface area contributed by atoms with Crippen LogP contribution >= 0.6 is 0 Å². The fourth-order valence-corrected chi connectivity index (χ4v) is 1.97. The molecule has 0 spiro atoms. The van der Waals surface area contributed by atoms with E-state index in [1.807, 2.05) is 0 Å². The normalized spacial score (nSPS) is 8.96. The second kappa shape index (κ2) is 27.4. The quantitative estimate of drug-likeness (QED) is 0.200. The standard InChI is InChI=1S/C14H29.C3H4O4.Li.Na.H/c1-3-5-7-9-11-13-14-12-10-8-6-4-2;4-2(5)1-3(6)7;;;/h1,3-14H2,2H3;1H2,(H,4,5)(H,6,7);;;/q-1;;2*+1;-1. The predicted octanol–water partition coefficient (Wildman–Crippen LogP) is -0.812. The van der Waals surface area contributed by atoms with Crippen molar-refractivity contribution >= 4 is 11.9 Å². The number of rotatable bonds is 13. The van der Waals surface area contributed by atoms with Gasteiger partial charge >= 0.3 is 60.4 Å². The Labute approximate surface area is 178 Å². The molecule has 0 radical (unpaired) electrons. The van der Waals surface area contributed by atoms with E-state index in [-0.39, 0.29) is 49.8 Å². The minimum atomic E-state index is -1.31. The molecule has 2 N–H and O–H groups in total. The molecule has 0 heterocycles. The maximum absolute atomic E-state index is 9.43. The van der Waals surface area contributed by atoms with Crippen LogP contribution in [-0.2, 0) is 9.59 Å². The summed E-state index contributed by atoms with van der Waals surface area (Å²) in [6, 6.07) is 0. The SMILES string of the molecule is O=C(O)CC(=O)O.[CH2-]CCCCCCCCCCCCC.[H-].[Li+].[Na+]. The number of aliphatic carboxylic acids is 2. The first-order valence-electron chi connectivity index (χ1n) is 8.27. The van der Waals surface area contributed by atoms with Crippen molar-refractivity contribution in [3.8, 4) is 0 Å². The number of carbonyl (C=O) groups is 2. The average molecular weight is 332 g/mol. The van der Waals surface area contributed by atoms with Crippen LogP contribution in [0.25, 0.3) is 0 Å². The van der Waals surface area contributed by atoms with Crippen molar-refractivity contribution in [3.63, 3.8) is 0 Å². The Morgan fingerprint density at radius 3 is 1.30 bits per heavy atom. The minimum absolute atomic E-state index is 0. The Hall–Kier alpha value is 0.537. The van der Waals surface area contributed by atoms with E-state index in [0.717, 1.165) is 6.42 Å². The first-order chi connectivity index (χ1) is 10.0. The molecular weight excluding hydrogens is 298 g/mol. The maximum atomic E-state index is 9.43. The van der Waals surface area contributed by atoms with Crippen LogP contribution in [0.4, 0.5) is 0 Å². The number of hydrogen-bond acceptors (Lipinski definition) is 2. The molecule has 0 atom stereocenters. The van der Waals surface area contributed by atoms with Gasteiger partial charge in [0.1, 0.15) is 6.42 Å². The van der Waals surface area contributed by atoms with Crippen LogP contribution in [0.15, 0.2) is 0 Å². The van der Waals surface area contributed by atoms with Crippen LogP contribution in [0.1, 0.15) is 91.8 Å². The molecule has 0 saturated heterocycles. The number of carboxylic acids is 2. The van der Waals surface area contributed by atoms with Gasteiger partial charge in [-0.15, -0.1) is 0 Å². The van der Waals surface area contributed by atoms with Gasteiger partial charge in [0.15, 0.2) is 0 Å². The van der Waals surface area contributed by atoms with Crippen molar-refractivity contribution in [2.24, 2.45) is 0 Å². The monoisotopic (exact) mass is 332 g/mol. The number of unbranched alkanes of at least 4 members (excludes halogenated alkanes) is 11. The molecule has 0 aromatic heterocycles. The molecule has 0 aliphatic carbocycles. The molecule has 0 rings (SSSR count). The van der Waals surface area contributed by atoms with Gasteiger partial charge in [-0.25, -0.2) is 0 Å². The van der Waals surface area contributed by atoms with E-state index in [2.05, 4.69) is 13.8 Å². The van der Waals surface area contributed by atoms with Crippen LogP contribution in [-0.4, -0.2) is 22.2 Å². The predicted molar refractivity (Wildman–Crippen MR) is 87.4 cm³/mol. The van der Waals surface area contributed by atoms with E-state index < -0.39 is 18.4 Å². The molecule has 0 aliphatic rings. The first kappa shape index (κ1) is 31.3. The Kier molecular flexibility index (Phi) is 37.3. The van der Waals surface area contributed by atoms with Gasteiger partial charge in [0.25, 0.3) is 0 Å². The smallest absolute Gasteiger partial charge is 1.00 e. The zero-order valence-corrected chi connectivity index (χ0v) is 17.6. The van der Waals surface area contributed by atoms with Gasteiger partial charge in [0, 0.05) is 0 Å². The van der Waals surface area contributed by atoms with Crippen LogP contribution in [0.2, 0.25) is 0 Å². The molecule has 0 saturated carbocycles. The summed E-state index contributed by atoms with van der Waals surface area (Å²) in [5.74, 6) is -2.62. The second-order valence-electron chi connectivity index (χ2n) is 5.35. The third kappa shape index (κ3) is 39.4. The van der Waals surface area contributed by atoms with Gasteiger partial charge in [0.2, 0.25) is 0 Å². The molecule has 0 aromatic rings. The van der Waals surface area contributed by atoms with Gasteiger partial charge in [0.05, 0.1) is 0 Å². The summed E-state index contributed by atoms with van der Waals surface area (Å²) < 4.78 is 0. The van der Waals surface area contributed by atoms with E-state index in [1.165, 1.54) is 70.6 Å². The van der Waals surface area contributed by atoms with Crippen molar-refractivity contribution in [1.82, 2.24) is 0 Å².